The molecule has 6 nitrogen and oxygen atoms in total. The Morgan fingerprint density at radius 2 is 1.70 bits per heavy atom. The average Bonchev–Trinajstić information content (AvgIpc) is 2.46. The van der Waals surface area contributed by atoms with Crippen LogP contribution >= 0.6 is 0 Å². The van der Waals surface area contributed by atoms with Gasteiger partial charge in [-0.15, -0.1) is 0 Å². The van der Waals surface area contributed by atoms with Crippen LogP contribution in [0.3, 0.4) is 0 Å². The molecule has 0 aliphatic heterocycles. The molecule has 0 saturated carbocycles. The van der Waals surface area contributed by atoms with E-state index >= 15 is 0 Å². The fourth-order valence-electron chi connectivity index (χ4n) is 1.54. The van der Waals surface area contributed by atoms with Crippen LogP contribution in [0, 0.1) is 0 Å². The standard InChI is InChI=1S/C14H19NO5/c1-5-20-14(17)9(2)15-13(16)10-6-11(18-3)8-12(7-10)19-4/h6-9H,5H2,1-4H3,(H,15,16). The van der Waals surface area contributed by atoms with Gasteiger partial charge in [0, 0.05) is 11.6 Å². The highest BCUT2D eigenvalue weighted by Crippen LogP contribution is 2.22. The van der Waals surface area contributed by atoms with Crippen molar-refractivity contribution in [3.63, 3.8) is 0 Å². The van der Waals surface area contributed by atoms with Crippen LogP contribution in [0.1, 0.15) is 24.2 Å². The molecule has 0 radical (unpaired) electrons. The van der Waals surface area contributed by atoms with E-state index in [1.54, 1.807) is 32.0 Å². The maximum absolute atomic E-state index is 12.1. The molecule has 1 rings (SSSR count). The van der Waals surface area contributed by atoms with Crippen molar-refractivity contribution >= 4 is 11.9 Å². The predicted molar refractivity (Wildman–Crippen MR) is 73.1 cm³/mol. The smallest absolute Gasteiger partial charge is 0.328 e. The Hall–Kier alpha value is -2.24. The number of carbonyl (C=O) groups is 2. The normalized spacial score (nSPS) is 11.4. The SMILES string of the molecule is CCOC(=O)C(C)NC(=O)c1cc(OC)cc(OC)c1. The van der Waals surface area contributed by atoms with Gasteiger partial charge < -0.3 is 19.5 Å². The van der Waals surface area contributed by atoms with Crippen LogP contribution < -0.4 is 14.8 Å². The van der Waals surface area contributed by atoms with Crippen LogP contribution in [-0.2, 0) is 9.53 Å². The third-order valence-electron chi connectivity index (χ3n) is 2.60. The highest BCUT2D eigenvalue weighted by Gasteiger charge is 2.18. The number of rotatable bonds is 6. The number of amides is 1. The fraction of sp³-hybridized carbons (Fsp3) is 0.429. The van der Waals surface area contributed by atoms with Crippen molar-refractivity contribution in [2.24, 2.45) is 0 Å². The van der Waals surface area contributed by atoms with Gasteiger partial charge in [-0.1, -0.05) is 0 Å². The Balaban J connectivity index is 2.84. The van der Waals surface area contributed by atoms with E-state index in [-0.39, 0.29) is 6.61 Å². The van der Waals surface area contributed by atoms with Crippen molar-refractivity contribution in [3.8, 4) is 11.5 Å². The van der Waals surface area contributed by atoms with Gasteiger partial charge in [0.05, 0.1) is 20.8 Å². The zero-order chi connectivity index (χ0) is 15.1. The highest BCUT2D eigenvalue weighted by molar-refractivity contribution is 5.97. The molecular formula is C14H19NO5. The summed E-state index contributed by atoms with van der Waals surface area (Å²) in [4.78, 5) is 23.5. The zero-order valence-corrected chi connectivity index (χ0v) is 12.1. The van der Waals surface area contributed by atoms with Gasteiger partial charge in [-0.3, -0.25) is 4.79 Å². The minimum absolute atomic E-state index is 0.270. The first kappa shape index (κ1) is 15.8. The van der Waals surface area contributed by atoms with Crippen molar-refractivity contribution in [1.29, 1.82) is 0 Å². The van der Waals surface area contributed by atoms with Crippen LogP contribution in [-0.4, -0.2) is 38.7 Å². The molecule has 0 bridgehead atoms. The highest BCUT2D eigenvalue weighted by atomic mass is 16.5. The summed E-state index contributed by atoms with van der Waals surface area (Å²) in [6.07, 6.45) is 0. The number of methoxy groups -OCH3 is 2. The molecule has 1 aromatic carbocycles. The molecule has 6 heteroatoms. The first-order valence-electron chi connectivity index (χ1n) is 6.22. The van der Waals surface area contributed by atoms with Gasteiger partial charge in [0.2, 0.25) is 0 Å². The molecule has 0 fully saturated rings. The van der Waals surface area contributed by atoms with Gasteiger partial charge in [0.25, 0.3) is 5.91 Å². The first-order valence-corrected chi connectivity index (χ1v) is 6.22. The molecule has 0 heterocycles. The lowest BCUT2D eigenvalue weighted by atomic mass is 10.1. The molecule has 1 N–H and O–H groups in total. The fourth-order valence-corrected chi connectivity index (χ4v) is 1.54. The molecule has 0 aliphatic carbocycles. The van der Waals surface area contributed by atoms with Gasteiger partial charge in [-0.2, -0.15) is 0 Å². The molecule has 110 valence electrons. The van der Waals surface area contributed by atoms with Gasteiger partial charge in [-0.25, -0.2) is 4.79 Å². The maximum atomic E-state index is 12.1. The topological polar surface area (TPSA) is 73.9 Å². The van der Waals surface area contributed by atoms with E-state index < -0.39 is 17.9 Å². The van der Waals surface area contributed by atoms with Gasteiger partial charge in [0.15, 0.2) is 0 Å². The molecular weight excluding hydrogens is 262 g/mol. The van der Waals surface area contributed by atoms with E-state index in [1.165, 1.54) is 14.2 Å². The van der Waals surface area contributed by atoms with Crippen molar-refractivity contribution in [1.82, 2.24) is 5.32 Å². The lowest BCUT2D eigenvalue weighted by Gasteiger charge is -2.13. The van der Waals surface area contributed by atoms with E-state index in [9.17, 15) is 9.59 Å². The van der Waals surface area contributed by atoms with Crippen LogP contribution in [0.25, 0.3) is 0 Å². The quantitative estimate of drug-likeness (QED) is 0.797. The molecule has 0 aliphatic rings. The van der Waals surface area contributed by atoms with E-state index in [1.807, 2.05) is 0 Å². The first-order chi connectivity index (χ1) is 9.51. The van der Waals surface area contributed by atoms with E-state index in [4.69, 9.17) is 14.2 Å². The Morgan fingerprint density at radius 1 is 1.15 bits per heavy atom. The molecule has 1 atom stereocenters. The number of nitrogens with one attached hydrogen (secondary N) is 1. The maximum Gasteiger partial charge on any atom is 0.328 e. The third kappa shape index (κ3) is 4.15. The van der Waals surface area contributed by atoms with Crippen LogP contribution in [0.15, 0.2) is 18.2 Å². The Bertz CT molecular complexity index is 464. The molecule has 0 spiro atoms. The van der Waals surface area contributed by atoms with Gasteiger partial charge >= 0.3 is 5.97 Å². The average molecular weight is 281 g/mol. The Labute approximate surface area is 118 Å². The summed E-state index contributed by atoms with van der Waals surface area (Å²) >= 11 is 0. The second-order valence-corrected chi connectivity index (χ2v) is 4.05. The molecule has 0 aromatic heterocycles. The van der Waals surface area contributed by atoms with Crippen LogP contribution in [0.4, 0.5) is 0 Å². The summed E-state index contributed by atoms with van der Waals surface area (Å²) in [6, 6.07) is 4.07. The summed E-state index contributed by atoms with van der Waals surface area (Å²) in [5.74, 6) is 0.120. The minimum atomic E-state index is -0.723. The van der Waals surface area contributed by atoms with Crippen LogP contribution in [0.2, 0.25) is 0 Å². The summed E-state index contributed by atoms with van der Waals surface area (Å²) in [5, 5.41) is 2.56. The number of hydrogen-bond donors (Lipinski definition) is 1. The van der Waals surface area contributed by atoms with Crippen LogP contribution in [0.5, 0.6) is 11.5 Å². The largest absolute Gasteiger partial charge is 0.497 e. The Kier molecular flexibility index (Phi) is 5.83. The van der Waals surface area contributed by atoms with Gasteiger partial charge in [-0.05, 0) is 26.0 Å². The minimum Gasteiger partial charge on any atom is -0.497 e. The predicted octanol–water partition coefficient (Wildman–Crippen LogP) is 1.39. The summed E-state index contributed by atoms with van der Waals surface area (Å²) in [7, 11) is 3.00. The van der Waals surface area contributed by atoms with Crippen molar-refractivity contribution in [2.75, 3.05) is 20.8 Å². The van der Waals surface area contributed by atoms with E-state index in [0.717, 1.165) is 0 Å². The van der Waals surface area contributed by atoms with E-state index in [2.05, 4.69) is 5.32 Å². The Morgan fingerprint density at radius 3 is 2.15 bits per heavy atom. The zero-order valence-electron chi connectivity index (χ0n) is 12.1. The van der Waals surface area contributed by atoms with Crippen molar-refractivity contribution in [2.45, 2.75) is 19.9 Å². The molecule has 20 heavy (non-hydrogen) atoms. The van der Waals surface area contributed by atoms with Crippen molar-refractivity contribution in [3.05, 3.63) is 23.8 Å². The monoisotopic (exact) mass is 281 g/mol. The van der Waals surface area contributed by atoms with Gasteiger partial charge in [0.1, 0.15) is 17.5 Å². The molecule has 1 aromatic rings. The summed E-state index contributed by atoms with van der Waals surface area (Å²) in [5.41, 5.74) is 0.345. The molecule has 1 unspecified atom stereocenters. The number of esters is 1. The summed E-state index contributed by atoms with van der Waals surface area (Å²) in [6.45, 7) is 3.54. The molecule has 1 amide bonds. The second-order valence-electron chi connectivity index (χ2n) is 4.05. The number of carbonyl (C=O) groups excluding carboxylic acids is 2. The molecule has 0 saturated heterocycles. The second kappa shape index (κ2) is 7.37. The lowest BCUT2D eigenvalue weighted by Crippen LogP contribution is -2.39. The lowest BCUT2D eigenvalue weighted by molar-refractivity contribution is -0.144. The summed E-state index contributed by atoms with van der Waals surface area (Å²) < 4.78 is 15.0. The number of benzene rings is 1. The van der Waals surface area contributed by atoms with E-state index in [0.29, 0.717) is 17.1 Å². The number of hydrogen-bond acceptors (Lipinski definition) is 5. The third-order valence-corrected chi connectivity index (χ3v) is 2.60. The number of ether oxygens (including phenoxy) is 3. The van der Waals surface area contributed by atoms with Crippen molar-refractivity contribution < 1.29 is 23.8 Å².